The summed E-state index contributed by atoms with van der Waals surface area (Å²) in [5.41, 5.74) is 2.19. The predicted molar refractivity (Wildman–Crippen MR) is 81.3 cm³/mol. The minimum Gasteiger partial charge on any atom is -0.348 e. The highest BCUT2D eigenvalue weighted by Crippen LogP contribution is 2.17. The van der Waals surface area contributed by atoms with E-state index in [-0.39, 0.29) is 18.3 Å². The first-order valence-electron chi connectivity index (χ1n) is 5.97. The zero-order chi connectivity index (χ0) is 14.5. The first kappa shape index (κ1) is 15.0. The van der Waals surface area contributed by atoms with Crippen LogP contribution >= 0.6 is 27.5 Å². The highest BCUT2D eigenvalue weighted by molar-refractivity contribution is 9.10. The third-order valence-corrected chi connectivity index (χ3v) is 3.90. The smallest absolute Gasteiger partial charge is 0.251 e. The van der Waals surface area contributed by atoms with Crippen LogP contribution in [0.4, 0.5) is 4.39 Å². The fourth-order valence-electron chi connectivity index (χ4n) is 1.70. The number of carbonyl (C=O) groups excluding carboxylic acids is 1. The highest BCUT2D eigenvalue weighted by atomic mass is 79.9. The van der Waals surface area contributed by atoms with E-state index in [9.17, 15) is 9.18 Å². The molecule has 0 atom stereocenters. The van der Waals surface area contributed by atoms with Crippen LogP contribution in [0.25, 0.3) is 0 Å². The number of nitrogens with one attached hydrogen (secondary N) is 1. The molecule has 20 heavy (non-hydrogen) atoms. The summed E-state index contributed by atoms with van der Waals surface area (Å²) in [6.45, 7) is 0.258. The maximum Gasteiger partial charge on any atom is 0.251 e. The van der Waals surface area contributed by atoms with E-state index in [1.165, 1.54) is 12.1 Å². The van der Waals surface area contributed by atoms with Gasteiger partial charge in [-0.3, -0.25) is 4.79 Å². The van der Waals surface area contributed by atoms with Crippen LogP contribution < -0.4 is 5.32 Å². The molecule has 2 rings (SSSR count). The van der Waals surface area contributed by atoms with Gasteiger partial charge in [-0.15, -0.1) is 11.6 Å². The fraction of sp³-hybridized carbons (Fsp3) is 0.133. The zero-order valence-electron chi connectivity index (χ0n) is 10.5. The van der Waals surface area contributed by atoms with Gasteiger partial charge in [0.05, 0.1) is 0 Å². The van der Waals surface area contributed by atoms with Crippen molar-refractivity contribution in [3.05, 3.63) is 69.4 Å². The summed E-state index contributed by atoms with van der Waals surface area (Å²) in [5, 5.41) is 2.75. The molecule has 2 aromatic carbocycles. The third-order valence-electron chi connectivity index (χ3n) is 2.82. The van der Waals surface area contributed by atoms with Gasteiger partial charge in [0, 0.05) is 22.5 Å². The van der Waals surface area contributed by atoms with Gasteiger partial charge < -0.3 is 5.32 Å². The van der Waals surface area contributed by atoms with Crippen molar-refractivity contribution in [1.82, 2.24) is 5.32 Å². The normalized spacial score (nSPS) is 10.3. The number of hydrogen-bond donors (Lipinski definition) is 1. The molecule has 0 aliphatic rings. The van der Waals surface area contributed by atoms with Gasteiger partial charge in [-0.05, 0) is 41.5 Å². The molecule has 0 fully saturated rings. The van der Waals surface area contributed by atoms with E-state index in [0.29, 0.717) is 17.0 Å². The summed E-state index contributed by atoms with van der Waals surface area (Å²) in [6.07, 6.45) is 0. The zero-order valence-corrected chi connectivity index (χ0v) is 12.8. The van der Waals surface area contributed by atoms with E-state index >= 15 is 0 Å². The van der Waals surface area contributed by atoms with Crippen LogP contribution in [-0.4, -0.2) is 5.91 Å². The summed E-state index contributed by atoms with van der Waals surface area (Å²) in [6, 6.07) is 11.4. The Morgan fingerprint density at radius 3 is 2.55 bits per heavy atom. The van der Waals surface area contributed by atoms with E-state index in [4.69, 9.17) is 11.6 Å². The molecular weight excluding hydrogens is 345 g/mol. The molecule has 2 aromatic rings. The molecule has 0 radical (unpaired) electrons. The Morgan fingerprint density at radius 1 is 1.20 bits per heavy atom. The average Bonchev–Trinajstić information content (AvgIpc) is 2.48. The lowest BCUT2D eigenvalue weighted by Crippen LogP contribution is -2.23. The molecule has 0 aromatic heterocycles. The Balaban J connectivity index is 2.02. The van der Waals surface area contributed by atoms with Crippen molar-refractivity contribution in [3.8, 4) is 0 Å². The Bertz CT molecular complexity index is 616. The second-order valence-electron chi connectivity index (χ2n) is 4.25. The molecular formula is C15H12BrClFNO. The van der Waals surface area contributed by atoms with Crippen molar-refractivity contribution >= 4 is 33.4 Å². The van der Waals surface area contributed by atoms with Gasteiger partial charge >= 0.3 is 0 Å². The first-order valence-corrected chi connectivity index (χ1v) is 7.30. The Kier molecular flexibility index (Phi) is 5.15. The molecule has 0 heterocycles. The Labute approximate surface area is 130 Å². The van der Waals surface area contributed by atoms with E-state index in [2.05, 4.69) is 21.2 Å². The second kappa shape index (κ2) is 6.86. The minimum atomic E-state index is -0.330. The summed E-state index contributed by atoms with van der Waals surface area (Å²) in [5.74, 6) is -0.121. The molecule has 0 aliphatic heterocycles. The van der Waals surface area contributed by atoms with Crippen LogP contribution in [0.2, 0.25) is 0 Å². The number of halogens is 3. The number of hydrogen-bond acceptors (Lipinski definition) is 1. The highest BCUT2D eigenvalue weighted by Gasteiger charge is 2.07. The maximum atomic E-state index is 13.1. The van der Waals surface area contributed by atoms with Crippen LogP contribution in [-0.2, 0) is 12.4 Å². The molecule has 0 spiro atoms. The topological polar surface area (TPSA) is 29.1 Å². The minimum absolute atomic E-state index is 0.206. The lowest BCUT2D eigenvalue weighted by Gasteiger charge is -2.08. The van der Waals surface area contributed by atoms with Crippen molar-refractivity contribution in [2.24, 2.45) is 0 Å². The molecule has 1 N–H and O–H groups in total. The third kappa shape index (κ3) is 3.81. The van der Waals surface area contributed by atoms with E-state index < -0.39 is 0 Å². The summed E-state index contributed by atoms with van der Waals surface area (Å²) < 4.78 is 13.9. The van der Waals surface area contributed by atoms with Gasteiger partial charge in [0.1, 0.15) is 5.82 Å². The Hall–Kier alpha value is -1.39. The largest absolute Gasteiger partial charge is 0.348 e. The molecule has 0 saturated heterocycles. The SMILES string of the molecule is O=C(NCc1cc(F)ccc1Br)c1ccc(CCl)cc1. The molecule has 1 amide bonds. The number of benzene rings is 2. The predicted octanol–water partition coefficient (Wildman–Crippen LogP) is 4.26. The first-order chi connectivity index (χ1) is 9.60. The van der Waals surface area contributed by atoms with Crippen molar-refractivity contribution in [1.29, 1.82) is 0 Å². The summed E-state index contributed by atoms with van der Waals surface area (Å²) in [4.78, 5) is 12.0. The van der Waals surface area contributed by atoms with Gasteiger partial charge in [-0.2, -0.15) is 0 Å². The molecule has 5 heteroatoms. The van der Waals surface area contributed by atoms with E-state index in [1.54, 1.807) is 30.3 Å². The van der Waals surface area contributed by atoms with Crippen LogP contribution in [0.3, 0.4) is 0 Å². The van der Waals surface area contributed by atoms with Gasteiger partial charge in [-0.1, -0.05) is 28.1 Å². The number of alkyl halides is 1. The van der Waals surface area contributed by atoms with Crippen LogP contribution in [0.15, 0.2) is 46.9 Å². The van der Waals surface area contributed by atoms with Crippen molar-refractivity contribution in [3.63, 3.8) is 0 Å². The molecule has 2 nitrogen and oxygen atoms in total. The van der Waals surface area contributed by atoms with E-state index in [1.807, 2.05) is 0 Å². The number of carbonyl (C=O) groups is 1. The lowest BCUT2D eigenvalue weighted by molar-refractivity contribution is 0.0951. The number of amides is 1. The van der Waals surface area contributed by atoms with Crippen molar-refractivity contribution < 1.29 is 9.18 Å². The summed E-state index contributed by atoms with van der Waals surface area (Å²) >= 11 is 9.01. The van der Waals surface area contributed by atoms with Gasteiger partial charge in [-0.25, -0.2) is 4.39 Å². The Morgan fingerprint density at radius 2 is 1.90 bits per heavy atom. The van der Waals surface area contributed by atoms with Crippen LogP contribution in [0.1, 0.15) is 21.5 Å². The average molecular weight is 357 g/mol. The maximum absolute atomic E-state index is 13.1. The van der Waals surface area contributed by atoms with Crippen molar-refractivity contribution in [2.45, 2.75) is 12.4 Å². The van der Waals surface area contributed by atoms with E-state index in [0.717, 1.165) is 10.0 Å². The molecule has 104 valence electrons. The fourth-order valence-corrected chi connectivity index (χ4v) is 2.27. The van der Waals surface area contributed by atoms with Gasteiger partial charge in [0.2, 0.25) is 0 Å². The monoisotopic (exact) mass is 355 g/mol. The summed E-state index contributed by atoms with van der Waals surface area (Å²) in [7, 11) is 0. The van der Waals surface area contributed by atoms with Gasteiger partial charge in [0.15, 0.2) is 0 Å². The lowest BCUT2D eigenvalue weighted by atomic mass is 10.1. The second-order valence-corrected chi connectivity index (χ2v) is 5.37. The van der Waals surface area contributed by atoms with Gasteiger partial charge in [0.25, 0.3) is 5.91 Å². The van der Waals surface area contributed by atoms with Crippen LogP contribution in [0.5, 0.6) is 0 Å². The molecule has 0 unspecified atom stereocenters. The van der Waals surface area contributed by atoms with Crippen LogP contribution in [0, 0.1) is 5.82 Å². The standard InChI is InChI=1S/C15H12BrClFNO/c16-14-6-5-13(18)7-12(14)9-19-15(20)11-3-1-10(8-17)2-4-11/h1-7H,8-9H2,(H,19,20). The number of rotatable bonds is 4. The quantitative estimate of drug-likeness (QED) is 0.815. The van der Waals surface area contributed by atoms with Crippen molar-refractivity contribution in [2.75, 3.05) is 0 Å². The molecule has 0 saturated carbocycles. The molecule has 0 bridgehead atoms. The molecule has 0 aliphatic carbocycles.